The van der Waals surface area contributed by atoms with E-state index in [4.69, 9.17) is 11.6 Å². The van der Waals surface area contributed by atoms with Gasteiger partial charge in [-0.2, -0.15) is 0 Å². The van der Waals surface area contributed by atoms with Crippen molar-refractivity contribution in [1.82, 2.24) is 5.32 Å². The van der Waals surface area contributed by atoms with Crippen LogP contribution in [0.15, 0.2) is 18.2 Å². The number of anilines is 1. The summed E-state index contributed by atoms with van der Waals surface area (Å²) in [5.41, 5.74) is -0.0956. The third-order valence-electron chi connectivity index (χ3n) is 4.24. The van der Waals surface area contributed by atoms with E-state index in [0.29, 0.717) is 10.7 Å². The molecule has 1 N–H and O–H groups in total. The quantitative estimate of drug-likeness (QED) is 0.713. The van der Waals surface area contributed by atoms with Gasteiger partial charge in [0.25, 0.3) is 5.91 Å². The third kappa shape index (κ3) is 2.77. The lowest BCUT2D eigenvalue weighted by Gasteiger charge is -2.44. The number of benzene rings is 1. The Kier molecular flexibility index (Phi) is 4.14. The van der Waals surface area contributed by atoms with Crippen molar-refractivity contribution in [3.8, 4) is 0 Å². The Morgan fingerprint density at radius 1 is 1.19 bits per heavy atom. The molecule has 2 fully saturated rings. The number of hydrogen-bond acceptors (Lipinski definition) is 2. The van der Waals surface area contributed by atoms with E-state index in [-0.39, 0.29) is 18.4 Å². The molecule has 0 unspecified atom stereocenters. The maximum atomic E-state index is 12.9. The van der Waals surface area contributed by atoms with Crippen LogP contribution in [0.3, 0.4) is 0 Å². The molecule has 0 aromatic heterocycles. The molecule has 0 radical (unpaired) electrons. The average molecular weight is 419 g/mol. The van der Waals surface area contributed by atoms with E-state index in [2.05, 4.69) is 27.9 Å². The molecule has 0 atom stereocenters. The fourth-order valence-corrected chi connectivity index (χ4v) is 4.18. The molecule has 4 nitrogen and oxygen atoms in total. The van der Waals surface area contributed by atoms with Crippen LogP contribution in [0.5, 0.6) is 0 Å². The summed E-state index contributed by atoms with van der Waals surface area (Å²) in [6.07, 6.45) is 4.50. The highest BCUT2D eigenvalue weighted by Gasteiger charge is 2.47. The second-order valence-electron chi connectivity index (χ2n) is 5.68. The van der Waals surface area contributed by atoms with Crippen LogP contribution >= 0.6 is 34.2 Å². The molecule has 1 heterocycles. The van der Waals surface area contributed by atoms with Crippen LogP contribution in [0.1, 0.15) is 32.1 Å². The minimum Gasteiger partial charge on any atom is -0.340 e. The molecule has 1 saturated carbocycles. The maximum Gasteiger partial charge on any atom is 0.253 e. The molecule has 2 aliphatic rings. The number of piperazine rings is 1. The smallest absolute Gasteiger partial charge is 0.253 e. The van der Waals surface area contributed by atoms with Gasteiger partial charge in [0.2, 0.25) is 5.91 Å². The fourth-order valence-electron chi connectivity index (χ4n) is 3.22. The molecule has 6 heteroatoms. The molecule has 1 aliphatic heterocycles. The van der Waals surface area contributed by atoms with Gasteiger partial charge in [-0.05, 0) is 53.6 Å². The number of nitrogens with one attached hydrogen (secondary N) is 1. The highest BCUT2D eigenvalue weighted by molar-refractivity contribution is 14.1. The standard InChI is InChI=1S/C15H16ClIN2O2/c16-11-8-10(17)4-5-12(11)19-9-13(20)18-15(14(19)21)6-2-1-3-7-15/h4-5,8H,1-3,6-7,9H2,(H,18,20). The largest absolute Gasteiger partial charge is 0.340 e. The fraction of sp³-hybridized carbons (Fsp3) is 0.467. The van der Waals surface area contributed by atoms with E-state index in [1.54, 1.807) is 4.90 Å². The van der Waals surface area contributed by atoms with E-state index in [0.717, 1.165) is 35.7 Å². The lowest BCUT2D eigenvalue weighted by molar-refractivity contribution is -0.137. The number of rotatable bonds is 1. The van der Waals surface area contributed by atoms with Gasteiger partial charge >= 0.3 is 0 Å². The van der Waals surface area contributed by atoms with Crippen LogP contribution in [0.2, 0.25) is 5.02 Å². The Labute approximate surface area is 142 Å². The lowest BCUT2D eigenvalue weighted by Crippen LogP contribution is -2.67. The summed E-state index contributed by atoms with van der Waals surface area (Å²) < 4.78 is 1.00. The summed E-state index contributed by atoms with van der Waals surface area (Å²) in [5, 5.41) is 3.45. The minimum atomic E-state index is -0.722. The number of nitrogens with zero attached hydrogens (tertiary/aromatic N) is 1. The second-order valence-corrected chi connectivity index (χ2v) is 7.33. The molecule has 1 spiro atoms. The number of hydrogen-bond donors (Lipinski definition) is 1. The lowest BCUT2D eigenvalue weighted by atomic mass is 9.79. The van der Waals surface area contributed by atoms with Crippen molar-refractivity contribution in [2.45, 2.75) is 37.6 Å². The Balaban J connectivity index is 1.97. The van der Waals surface area contributed by atoms with E-state index < -0.39 is 5.54 Å². The summed E-state index contributed by atoms with van der Waals surface area (Å²) in [7, 11) is 0. The van der Waals surface area contributed by atoms with E-state index in [1.807, 2.05) is 18.2 Å². The van der Waals surface area contributed by atoms with Crippen LogP contribution < -0.4 is 10.2 Å². The first-order valence-corrected chi connectivity index (χ1v) is 8.56. The van der Waals surface area contributed by atoms with Crippen LogP contribution in [0.25, 0.3) is 0 Å². The van der Waals surface area contributed by atoms with Crippen LogP contribution in [-0.2, 0) is 9.59 Å². The zero-order chi connectivity index (χ0) is 15.0. The topological polar surface area (TPSA) is 49.4 Å². The van der Waals surface area contributed by atoms with Crippen molar-refractivity contribution in [3.63, 3.8) is 0 Å². The van der Waals surface area contributed by atoms with Crippen LogP contribution in [0, 0.1) is 3.57 Å². The zero-order valence-electron chi connectivity index (χ0n) is 11.5. The molecule has 112 valence electrons. The van der Waals surface area contributed by atoms with Crippen molar-refractivity contribution in [2.75, 3.05) is 11.4 Å². The van der Waals surface area contributed by atoms with Crippen LogP contribution in [-0.4, -0.2) is 23.9 Å². The molecule has 0 bridgehead atoms. The van der Waals surface area contributed by atoms with E-state index in [1.165, 1.54) is 0 Å². The Bertz CT molecular complexity index is 599. The summed E-state index contributed by atoms with van der Waals surface area (Å²) in [6, 6.07) is 5.52. The average Bonchev–Trinajstić information content (AvgIpc) is 2.44. The molecular weight excluding hydrogens is 403 g/mol. The van der Waals surface area contributed by atoms with Crippen LogP contribution in [0.4, 0.5) is 5.69 Å². The molecular formula is C15H16ClIN2O2. The Morgan fingerprint density at radius 3 is 2.57 bits per heavy atom. The van der Waals surface area contributed by atoms with E-state index >= 15 is 0 Å². The van der Waals surface area contributed by atoms with Gasteiger partial charge in [-0.3, -0.25) is 14.5 Å². The van der Waals surface area contributed by atoms with E-state index in [9.17, 15) is 9.59 Å². The predicted octanol–water partition coefficient (Wildman–Crippen LogP) is 3.11. The molecule has 2 amide bonds. The first-order valence-electron chi connectivity index (χ1n) is 7.10. The van der Waals surface area contributed by atoms with Crippen molar-refractivity contribution < 1.29 is 9.59 Å². The van der Waals surface area contributed by atoms with Crippen molar-refractivity contribution in [1.29, 1.82) is 0 Å². The second kappa shape index (κ2) is 5.76. The summed E-state index contributed by atoms with van der Waals surface area (Å²) in [5.74, 6) is -0.129. The number of carbonyl (C=O) groups is 2. The third-order valence-corrected chi connectivity index (χ3v) is 5.22. The molecule has 1 aromatic rings. The monoisotopic (exact) mass is 418 g/mol. The minimum absolute atomic E-state index is 0.0232. The predicted molar refractivity (Wildman–Crippen MR) is 90.5 cm³/mol. The zero-order valence-corrected chi connectivity index (χ0v) is 14.4. The van der Waals surface area contributed by atoms with Gasteiger partial charge in [0, 0.05) is 3.57 Å². The van der Waals surface area contributed by atoms with Crippen molar-refractivity contribution in [3.05, 3.63) is 26.8 Å². The Hall–Kier alpha value is -0.820. The number of carbonyl (C=O) groups excluding carboxylic acids is 2. The van der Waals surface area contributed by atoms with Gasteiger partial charge in [-0.25, -0.2) is 0 Å². The first kappa shape index (κ1) is 15.1. The number of halogens is 2. The molecule has 3 rings (SSSR count). The van der Waals surface area contributed by atoms with Gasteiger partial charge in [-0.1, -0.05) is 30.9 Å². The summed E-state index contributed by atoms with van der Waals surface area (Å²) >= 11 is 8.44. The van der Waals surface area contributed by atoms with Crippen molar-refractivity contribution >= 4 is 51.7 Å². The normalized spacial score (nSPS) is 21.5. The SMILES string of the molecule is O=C1CN(c2ccc(I)cc2Cl)C(=O)C2(CCCCC2)N1. The highest BCUT2D eigenvalue weighted by atomic mass is 127. The van der Waals surface area contributed by atoms with Gasteiger partial charge in [0.1, 0.15) is 12.1 Å². The molecule has 1 aromatic carbocycles. The molecule has 1 aliphatic carbocycles. The van der Waals surface area contributed by atoms with Gasteiger partial charge in [0.05, 0.1) is 10.7 Å². The van der Waals surface area contributed by atoms with Gasteiger partial charge < -0.3 is 5.32 Å². The number of amides is 2. The van der Waals surface area contributed by atoms with Crippen molar-refractivity contribution in [2.24, 2.45) is 0 Å². The summed E-state index contributed by atoms with van der Waals surface area (Å²) in [4.78, 5) is 26.6. The van der Waals surface area contributed by atoms with Gasteiger partial charge in [0.15, 0.2) is 0 Å². The molecule has 21 heavy (non-hydrogen) atoms. The highest BCUT2D eigenvalue weighted by Crippen LogP contribution is 2.36. The first-order chi connectivity index (χ1) is 10.0. The maximum absolute atomic E-state index is 12.9. The van der Waals surface area contributed by atoms with Gasteiger partial charge in [-0.15, -0.1) is 0 Å². The molecule has 1 saturated heterocycles. The summed E-state index contributed by atoms with van der Waals surface area (Å²) in [6.45, 7) is 0.0426. The Morgan fingerprint density at radius 2 is 1.90 bits per heavy atom.